The standard InChI is InChI=1S/C19H18Br2N2O4/c1-12(13-5-7-15(20)8-6-13)23-17(24)11-27-18(25)10-22-19(26)14-3-2-4-16(21)9-14/h2-9,12H,10-11H2,1H3,(H,22,26)(H,23,24). The Morgan fingerprint density at radius 3 is 2.41 bits per heavy atom. The summed E-state index contributed by atoms with van der Waals surface area (Å²) in [6.07, 6.45) is 0. The third-order valence-corrected chi connectivity index (χ3v) is 4.61. The van der Waals surface area contributed by atoms with Gasteiger partial charge in [-0.15, -0.1) is 0 Å². The summed E-state index contributed by atoms with van der Waals surface area (Å²) >= 11 is 6.63. The van der Waals surface area contributed by atoms with Crippen LogP contribution in [0.3, 0.4) is 0 Å². The molecule has 0 aliphatic carbocycles. The second-order valence-electron chi connectivity index (χ2n) is 5.69. The number of ether oxygens (including phenoxy) is 1. The molecule has 0 aromatic heterocycles. The van der Waals surface area contributed by atoms with E-state index in [-0.39, 0.29) is 12.6 Å². The maximum Gasteiger partial charge on any atom is 0.325 e. The molecule has 0 fully saturated rings. The first-order valence-electron chi connectivity index (χ1n) is 8.09. The molecule has 0 saturated heterocycles. The Morgan fingerprint density at radius 1 is 1.04 bits per heavy atom. The molecule has 2 rings (SSSR count). The Morgan fingerprint density at radius 2 is 1.74 bits per heavy atom. The van der Waals surface area contributed by atoms with Crippen LogP contribution in [0.2, 0.25) is 0 Å². The zero-order valence-electron chi connectivity index (χ0n) is 14.5. The molecule has 2 N–H and O–H groups in total. The lowest BCUT2D eigenvalue weighted by atomic mass is 10.1. The number of esters is 1. The smallest absolute Gasteiger partial charge is 0.325 e. The summed E-state index contributed by atoms with van der Waals surface area (Å²) in [6.45, 7) is 1.11. The van der Waals surface area contributed by atoms with Crippen LogP contribution in [0, 0.1) is 0 Å². The number of amides is 2. The van der Waals surface area contributed by atoms with E-state index < -0.39 is 24.4 Å². The molecule has 0 aliphatic heterocycles. The van der Waals surface area contributed by atoms with E-state index in [1.165, 1.54) is 0 Å². The monoisotopic (exact) mass is 496 g/mol. The molecule has 2 amide bonds. The van der Waals surface area contributed by atoms with Crippen molar-refractivity contribution >= 4 is 49.6 Å². The molecule has 1 unspecified atom stereocenters. The van der Waals surface area contributed by atoms with Gasteiger partial charge >= 0.3 is 5.97 Å². The van der Waals surface area contributed by atoms with Gasteiger partial charge in [0.2, 0.25) is 0 Å². The Hall–Kier alpha value is -2.19. The summed E-state index contributed by atoms with van der Waals surface area (Å²) in [6, 6.07) is 14.1. The summed E-state index contributed by atoms with van der Waals surface area (Å²) < 4.78 is 6.59. The SMILES string of the molecule is CC(NC(=O)COC(=O)CNC(=O)c1cccc(Br)c1)c1ccc(Br)cc1. The van der Waals surface area contributed by atoms with Crippen LogP contribution >= 0.6 is 31.9 Å². The van der Waals surface area contributed by atoms with Gasteiger partial charge in [-0.3, -0.25) is 14.4 Å². The lowest BCUT2D eigenvalue weighted by Crippen LogP contribution is -2.34. The lowest BCUT2D eigenvalue weighted by Gasteiger charge is -2.14. The van der Waals surface area contributed by atoms with E-state index in [0.717, 1.165) is 14.5 Å². The van der Waals surface area contributed by atoms with Crippen LogP contribution in [-0.4, -0.2) is 30.9 Å². The predicted molar refractivity (Wildman–Crippen MR) is 108 cm³/mol. The third kappa shape index (κ3) is 7.15. The van der Waals surface area contributed by atoms with Crippen molar-refractivity contribution in [2.24, 2.45) is 0 Å². The minimum absolute atomic E-state index is 0.222. The third-order valence-electron chi connectivity index (χ3n) is 3.59. The molecule has 0 spiro atoms. The van der Waals surface area contributed by atoms with E-state index in [1.807, 2.05) is 31.2 Å². The number of hydrogen-bond donors (Lipinski definition) is 2. The van der Waals surface area contributed by atoms with Crippen LogP contribution in [0.15, 0.2) is 57.5 Å². The average molecular weight is 498 g/mol. The van der Waals surface area contributed by atoms with E-state index in [2.05, 4.69) is 42.5 Å². The second-order valence-corrected chi connectivity index (χ2v) is 7.53. The summed E-state index contributed by atoms with van der Waals surface area (Å²) in [4.78, 5) is 35.6. The normalized spacial score (nSPS) is 11.4. The Bertz CT molecular complexity index is 825. The van der Waals surface area contributed by atoms with Crippen molar-refractivity contribution in [3.05, 3.63) is 68.6 Å². The molecular weight excluding hydrogens is 480 g/mol. The highest BCUT2D eigenvalue weighted by molar-refractivity contribution is 9.10. The van der Waals surface area contributed by atoms with Gasteiger partial charge in [0.05, 0.1) is 6.04 Å². The van der Waals surface area contributed by atoms with Gasteiger partial charge in [0, 0.05) is 14.5 Å². The summed E-state index contributed by atoms with van der Waals surface area (Å²) in [5, 5.41) is 5.20. The Labute approximate surface area is 173 Å². The largest absolute Gasteiger partial charge is 0.454 e. The topological polar surface area (TPSA) is 84.5 Å². The highest BCUT2D eigenvalue weighted by atomic mass is 79.9. The van der Waals surface area contributed by atoms with Crippen molar-refractivity contribution in [2.45, 2.75) is 13.0 Å². The molecule has 2 aromatic rings. The second kappa shape index (κ2) is 10.2. The van der Waals surface area contributed by atoms with Gasteiger partial charge < -0.3 is 15.4 Å². The van der Waals surface area contributed by atoms with Crippen LogP contribution in [0.25, 0.3) is 0 Å². The molecule has 0 bridgehead atoms. The minimum atomic E-state index is -0.690. The van der Waals surface area contributed by atoms with Crippen molar-refractivity contribution < 1.29 is 19.1 Å². The fourth-order valence-electron chi connectivity index (χ4n) is 2.20. The molecule has 0 heterocycles. The van der Waals surface area contributed by atoms with Gasteiger partial charge in [-0.05, 0) is 42.8 Å². The molecular formula is C19H18Br2N2O4. The number of benzene rings is 2. The maximum absolute atomic E-state index is 11.9. The quantitative estimate of drug-likeness (QED) is 0.574. The number of hydrogen-bond acceptors (Lipinski definition) is 4. The highest BCUT2D eigenvalue weighted by Crippen LogP contribution is 2.16. The van der Waals surface area contributed by atoms with Crippen LogP contribution < -0.4 is 10.6 Å². The summed E-state index contributed by atoms with van der Waals surface area (Å²) in [5.41, 5.74) is 1.34. The Balaban J connectivity index is 1.72. The van der Waals surface area contributed by atoms with Crippen LogP contribution in [0.1, 0.15) is 28.9 Å². The number of rotatable bonds is 7. The predicted octanol–water partition coefficient (Wildman–Crippen LogP) is 3.36. The molecule has 2 aromatic carbocycles. The van der Waals surface area contributed by atoms with Crippen molar-refractivity contribution in [2.75, 3.05) is 13.2 Å². The summed E-state index contributed by atoms with van der Waals surface area (Å²) in [5.74, 6) is -1.51. The molecule has 0 saturated carbocycles. The van der Waals surface area contributed by atoms with Crippen molar-refractivity contribution in [3.63, 3.8) is 0 Å². The van der Waals surface area contributed by atoms with E-state index >= 15 is 0 Å². The lowest BCUT2D eigenvalue weighted by molar-refractivity contribution is -0.147. The number of carbonyl (C=O) groups is 3. The first-order chi connectivity index (χ1) is 12.8. The van der Waals surface area contributed by atoms with Crippen LogP contribution in [0.4, 0.5) is 0 Å². The minimum Gasteiger partial charge on any atom is -0.454 e. The fraction of sp³-hybridized carbons (Fsp3) is 0.211. The van der Waals surface area contributed by atoms with Gasteiger partial charge in [0.25, 0.3) is 11.8 Å². The Kier molecular flexibility index (Phi) is 7.99. The first kappa shape index (κ1) is 21.1. The molecule has 0 aliphatic rings. The number of nitrogens with one attached hydrogen (secondary N) is 2. The maximum atomic E-state index is 11.9. The van der Waals surface area contributed by atoms with Gasteiger partial charge in [0.1, 0.15) is 6.54 Å². The molecule has 6 nitrogen and oxygen atoms in total. The van der Waals surface area contributed by atoms with Crippen molar-refractivity contribution in [1.82, 2.24) is 10.6 Å². The fourth-order valence-corrected chi connectivity index (χ4v) is 2.86. The van der Waals surface area contributed by atoms with E-state index in [9.17, 15) is 14.4 Å². The molecule has 27 heavy (non-hydrogen) atoms. The average Bonchev–Trinajstić information content (AvgIpc) is 2.64. The van der Waals surface area contributed by atoms with E-state index in [0.29, 0.717) is 5.56 Å². The van der Waals surface area contributed by atoms with Crippen molar-refractivity contribution in [3.8, 4) is 0 Å². The van der Waals surface area contributed by atoms with Gasteiger partial charge in [0.15, 0.2) is 6.61 Å². The molecule has 1 atom stereocenters. The highest BCUT2D eigenvalue weighted by Gasteiger charge is 2.13. The zero-order valence-corrected chi connectivity index (χ0v) is 17.7. The molecule has 0 radical (unpaired) electrons. The van der Waals surface area contributed by atoms with Crippen molar-refractivity contribution in [1.29, 1.82) is 0 Å². The van der Waals surface area contributed by atoms with E-state index in [1.54, 1.807) is 24.3 Å². The van der Waals surface area contributed by atoms with E-state index in [4.69, 9.17) is 4.74 Å². The van der Waals surface area contributed by atoms with Gasteiger partial charge in [-0.25, -0.2) is 0 Å². The number of halogens is 2. The van der Waals surface area contributed by atoms with Crippen LogP contribution in [0.5, 0.6) is 0 Å². The number of carbonyl (C=O) groups excluding carboxylic acids is 3. The molecule has 142 valence electrons. The van der Waals surface area contributed by atoms with Crippen LogP contribution in [-0.2, 0) is 14.3 Å². The first-order valence-corrected chi connectivity index (χ1v) is 9.68. The van der Waals surface area contributed by atoms with Gasteiger partial charge in [-0.1, -0.05) is 50.1 Å². The molecule has 8 heteroatoms. The summed E-state index contributed by atoms with van der Waals surface area (Å²) in [7, 11) is 0. The van der Waals surface area contributed by atoms with Gasteiger partial charge in [-0.2, -0.15) is 0 Å². The zero-order chi connectivity index (χ0) is 19.8.